The maximum Gasteiger partial charge on any atom is 0.272 e. The van der Waals surface area contributed by atoms with Gasteiger partial charge in [0.15, 0.2) is 0 Å². The molecule has 5 heteroatoms. The highest BCUT2D eigenvalue weighted by Gasteiger charge is 2.51. The Morgan fingerprint density at radius 3 is 3.09 bits per heavy atom. The van der Waals surface area contributed by atoms with Crippen molar-refractivity contribution in [1.29, 1.82) is 0 Å². The molecule has 0 spiro atoms. The highest BCUT2D eigenvalue weighted by atomic mass is 16.5. The van der Waals surface area contributed by atoms with E-state index in [1.807, 2.05) is 4.90 Å². The molecule has 1 amide bonds. The van der Waals surface area contributed by atoms with Gasteiger partial charge in [-0.15, -0.1) is 0 Å². The average molecular weight is 301 g/mol. The molecule has 2 atom stereocenters. The van der Waals surface area contributed by atoms with Gasteiger partial charge in [0.1, 0.15) is 12.0 Å². The van der Waals surface area contributed by atoms with Gasteiger partial charge in [-0.2, -0.15) is 0 Å². The van der Waals surface area contributed by atoms with Crippen LogP contribution in [0.2, 0.25) is 0 Å². The maximum atomic E-state index is 12.6. The Bertz CT molecular complexity index is 546. The summed E-state index contributed by atoms with van der Waals surface area (Å²) in [6.07, 6.45) is 9.41. The summed E-state index contributed by atoms with van der Waals surface area (Å²) in [5, 5.41) is 0. The van der Waals surface area contributed by atoms with E-state index < -0.39 is 0 Å². The molecule has 2 heterocycles. The number of fused-ring (bicyclic) bond motifs is 1. The van der Waals surface area contributed by atoms with Gasteiger partial charge in [-0.05, 0) is 43.6 Å². The van der Waals surface area contributed by atoms with E-state index in [4.69, 9.17) is 4.74 Å². The molecule has 1 aromatic rings. The Hall–Kier alpha value is -1.49. The van der Waals surface area contributed by atoms with Crippen molar-refractivity contribution in [2.24, 2.45) is 17.3 Å². The number of hydrogen-bond acceptors (Lipinski definition) is 4. The van der Waals surface area contributed by atoms with Gasteiger partial charge in [-0.1, -0.05) is 6.42 Å². The minimum absolute atomic E-state index is 0.0402. The Labute approximate surface area is 131 Å². The van der Waals surface area contributed by atoms with Crippen molar-refractivity contribution in [1.82, 2.24) is 14.9 Å². The van der Waals surface area contributed by atoms with Crippen LogP contribution in [-0.2, 0) is 4.74 Å². The van der Waals surface area contributed by atoms with Crippen LogP contribution >= 0.6 is 0 Å². The van der Waals surface area contributed by atoms with Crippen LogP contribution in [0.3, 0.4) is 0 Å². The Morgan fingerprint density at radius 1 is 1.41 bits per heavy atom. The van der Waals surface area contributed by atoms with Gasteiger partial charge >= 0.3 is 0 Å². The van der Waals surface area contributed by atoms with Crippen molar-refractivity contribution in [3.8, 4) is 0 Å². The van der Waals surface area contributed by atoms with Crippen LogP contribution in [0.5, 0.6) is 0 Å². The molecular formula is C17H23N3O2. The van der Waals surface area contributed by atoms with Crippen molar-refractivity contribution < 1.29 is 9.53 Å². The average Bonchev–Trinajstić information content (AvgIpc) is 3.17. The maximum absolute atomic E-state index is 12.6. The van der Waals surface area contributed by atoms with E-state index in [9.17, 15) is 4.79 Å². The second-order valence-electron chi connectivity index (χ2n) is 7.19. The zero-order valence-electron chi connectivity index (χ0n) is 12.9. The van der Waals surface area contributed by atoms with Crippen molar-refractivity contribution in [2.75, 3.05) is 26.3 Å². The lowest BCUT2D eigenvalue weighted by Crippen LogP contribution is -2.35. The zero-order valence-corrected chi connectivity index (χ0v) is 12.9. The molecule has 4 rings (SSSR count). The zero-order chi connectivity index (χ0) is 15.0. The summed E-state index contributed by atoms with van der Waals surface area (Å²) in [6, 6.07) is 1.70. The van der Waals surface area contributed by atoms with Crippen LogP contribution in [0, 0.1) is 17.3 Å². The van der Waals surface area contributed by atoms with E-state index in [-0.39, 0.29) is 11.3 Å². The molecule has 1 aliphatic heterocycles. The third kappa shape index (κ3) is 2.62. The number of aromatic nitrogens is 2. The highest BCUT2D eigenvalue weighted by molar-refractivity contribution is 5.92. The summed E-state index contributed by atoms with van der Waals surface area (Å²) < 4.78 is 6.02. The Balaban J connectivity index is 1.43. The minimum atomic E-state index is 0.0402. The van der Waals surface area contributed by atoms with Crippen molar-refractivity contribution >= 4 is 5.91 Å². The molecule has 2 saturated carbocycles. The first kappa shape index (κ1) is 14.1. The van der Waals surface area contributed by atoms with E-state index in [1.165, 1.54) is 38.4 Å². The largest absolute Gasteiger partial charge is 0.381 e. The summed E-state index contributed by atoms with van der Waals surface area (Å²) in [6.45, 7) is 3.41. The van der Waals surface area contributed by atoms with Gasteiger partial charge in [0.05, 0.1) is 6.61 Å². The smallest absolute Gasteiger partial charge is 0.272 e. The molecule has 0 aromatic carbocycles. The summed E-state index contributed by atoms with van der Waals surface area (Å²) in [5.74, 6) is 1.44. The fraction of sp³-hybridized carbons (Fsp3) is 0.706. The fourth-order valence-corrected chi connectivity index (χ4v) is 4.10. The molecule has 2 aliphatic carbocycles. The third-order valence-electron chi connectivity index (χ3n) is 5.57. The molecule has 22 heavy (non-hydrogen) atoms. The predicted octanol–water partition coefficient (Wildman–Crippen LogP) is 2.15. The predicted molar refractivity (Wildman–Crippen MR) is 81.3 cm³/mol. The second kappa shape index (κ2) is 5.61. The first-order valence-electron chi connectivity index (χ1n) is 8.40. The summed E-state index contributed by atoms with van der Waals surface area (Å²) in [5.41, 5.74) is 0.696. The first-order valence-corrected chi connectivity index (χ1v) is 8.40. The van der Waals surface area contributed by atoms with Crippen LogP contribution in [-0.4, -0.2) is 47.1 Å². The highest BCUT2D eigenvalue weighted by Crippen LogP contribution is 2.49. The van der Waals surface area contributed by atoms with Gasteiger partial charge in [-0.25, -0.2) is 9.97 Å². The van der Waals surface area contributed by atoms with E-state index in [2.05, 4.69) is 9.97 Å². The molecule has 118 valence electrons. The van der Waals surface area contributed by atoms with E-state index in [1.54, 1.807) is 12.3 Å². The molecule has 0 radical (unpaired) electrons. The number of ether oxygens (including phenoxy) is 1. The molecule has 1 aromatic heterocycles. The molecule has 0 unspecified atom stereocenters. The second-order valence-corrected chi connectivity index (χ2v) is 7.19. The summed E-state index contributed by atoms with van der Waals surface area (Å²) in [4.78, 5) is 22.6. The van der Waals surface area contributed by atoms with Crippen molar-refractivity contribution in [3.05, 3.63) is 24.3 Å². The molecule has 3 fully saturated rings. The van der Waals surface area contributed by atoms with E-state index in [0.717, 1.165) is 32.2 Å². The van der Waals surface area contributed by atoms with Gasteiger partial charge < -0.3 is 9.64 Å². The van der Waals surface area contributed by atoms with Crippen molar-refractivity contribution in [2.45, 2.75) is 32.1 Å². The molecule has 0 N–H and O–H groups in total. The fourth-order valence-electron chi connectivity index (χ4n) is 4.10. The summed E-state index contributed by atoms with van der Waals surface area (Å²) >= 11 is 0. The Kier molecular flexibility index (Phi) is 3.60. The molecular weight excluding hydrogens is 278 g/mol. The van der Waals surface area contributed by atoms with Gasteiger partial charge in [0, 0.05) is 31.3 Å². The number of nitrogens with zero attached hydrogens (tertiary/aromatic N) is 3. The Morgan fingerprint density at radius 2 is 2.32 bits per heavy atom. The topological polar surface area (TPSA) is 55.3 Å². The number of hydrogen-bond donors (Lipinski definition) is 0. The minimum Gasteiger partial charge on any atom is -0.381 e. The lowest BCUT2D eigenvalue weighted by molar-refractivity contribution is 0.0306. The molecule has 5 nitrogen and oxygen atoms in total. The third-order valence-corrected chi connectivity index (χ3v) is 5.57. The SMILES string of the molecule is O=C(c1ccncn1)N1C[C@@H]2CCC[C@]2(COCC2CC2)C1. The lowest BCUT2D eigenvalue weighted by Gasteiger charge is -2.28. The van der Waals surface area contributed by atoms with Crippen LogP contribution in [0.15, 0.2) is 18.6 Å². The molecule has 1 saturated heterocycles. The van der Waals surface area contributed by atoms with Gasteiger partial charge in [0.2, 0.25) is 0 Å². The van der Waals surface area contributed by atoms with Crippen LogP contribution < -0.4 is 0 Å². The molecule has 0 bridgehead atoms. The van der Waals surface area contributed by atoms with Crippen LogP contribution in [0.25, 0.3) is 0 Å². The number of carbonyl (C=O) groups excluding carboxylic acids is 1. The van der Waals surface area contributed by atoms with Gasteiger partial charge in [0.25, 0.3) is 5.91 Å². The van der Waals surface area contributed by atoms with Crippen LogP contribution in [0.1, 0.15) is 42.6 Å². The normalized spacial score (nSPS) is 30.5. The number of carbonyl (C=O) groups is 1. The first-order chi connectivity index (χ1) is 10.8. The van der Waals surface area contributed by atoms with Crippen molar-refractivity contribution in [3.63, 3.8) is 0 Å². The van der Waals surface area contributed by atoms with Gasteiger partial charge in [-0.3, -0.25) is 4.79 Å². The number of likely N-dealkylation sites (tertiary alicyclic amines) is 1. The van der Waals surface area contributed by atoms with E-state index >= 15 is 0 Å². The molecule has 3 aliphatic rings. The summed E-state index contributed by atoms with van der Waals surface area (Å²) in [7, 11) is 0. The quantitative estimate of drug-likeness (QED) is 0.836. The van der Waals surface area contributed by atoms with Crippen LogP contribution in [0.4, 0.5) is 0 Å². The lowest BCUT2D eigenvalue weighted by atomic mass is 9.81. The van der Waals surface area contributed by atoms with E-state index in [0.29, 0.717) is 11.6 Å². The monoisotopic (exact) mass is 301 g/mol. The standard InChI is InChI=1S/C17H23N3O2/c21-16(15-5-7-18-12-19-15)20-8-14-2-1-6-17(14,10-20)11-22-9-13-3-4-13/h5,7,12-14H,1-4,6,8-11H2/t14-,17+/m0/s1. The number of amides is 1. The number of rotatable bonds is 5.